The van der Waals surface area contributed by atoms with Crippen molar-refractivity contribution < 1.29 is 17.9 Å². The van der Waals surface area contributed by atoms with Crippen molar-refractivity contribution >= 4 is 15.9 Å². The molecule has 1 atom stereocenters. The summed E-state index contributed by atoms with van der Waals surface area (Å²) in [5.74, 6) is 0.697. The second-order valence-corrected chi connectivity index (χ2v) is 6.16. The van der Waals surface area contributed by atoms with Crippen LogP contribution in [0.3, 0.4) is 0 Å². The van der Waals surface area contributed by atoms with Crippen molar-refractivity contribution in [1.29, 1.82) is 0 Å². The van der Waals surface area contributed by atoms with Crippen molar-refractivity contribution in [2.75, 3.05) is 5.33 Å². The zero-order valence-corrected chi connectivity index (χ0v) is 14.4. The third-order valence-corrected chi connectivity index (χ3v) is 3.95. The minimum Gasteiger partial charge on any atom is -0.439 e. The average molecular weight is 388 g/mol. The van der Waals surface area contributed by atoms with Crippen LogP contribution in [0, 0.1) is 6.92 Å². The van der Waals surface area contributed by atoms with Gasteiger partial charge in [-0.1, -0.05) is 35.0 Å². The molecule has 1 unspecified atom stereocenters. The number of aryl methyl sites for hydroxylation is 1. The van der Waals surface area contributed by atoms with Gasteiger partial charge in [-0.3, -0.25) is 0 Å². The summed E-state index contributed by atoms with van der Waals surface area (Å²) in [5, 5.41) is 0.855. The van der Waals surface area contributed by atoms with E-state index < -0.39 is 11.7 Å². The molecule has 0 aliphatic heterocycles. The first kappa shape index (κ1) is 17.8. The van der Waals surface area contributed by atoms with E-state index in [1.807, 2.05) is 26.0 Å². The summed E-state index contributed by atoms with van der Waals surface area (Å²) >= 11 is 3.39. The number of hydrogen-bond acceptors (Lipinski definition) is 2. The van der Waals surface area contributed by atoms with E-state index in [0.717, 1.165) is 35.1 Å². The molecular formula is C17H17BrF3NO. The molecule has 2 rings (SSSR count). The van der Waals surface area contributed by atoms with Crippen molar-refractivity contribution in [3.05, 3.63) is 53.2 Å². The van der Waals surface area contributed by atoms with E-state index in [-0.39, 0.29) is 11.7 Å². The Balaban J connectivity index is 2.28. The molecule has 2 aromatic rings. The van der Waals surface area contributed by atoms with E-state index in [2.05, 4.69) is 20.9 Å². The topological polar surface area (TPSA) is 22.1 Å². The number of hydrogen-bond donors (Lipinski definition) is 0. The Kier molecular flexibility index (Phi) is 5.68. The minimum absolute atomic E-state index is 0.126. The summed E-state index contributed by atoms with van der Waals surface area (Å²) in [5.41, 5.74) is 0.894. The molecule has 0 fully saturated rings. The Hall–Kier alpha value is -1.56. The van der Waals surface area contributed by atoms with Gasteiger partial charge in [0.25, 0.3) is 0 Å². The van der Waals surface area contributed by atoms with Crippen LogP contribution in [-0.4, -0.2) is 10.3 Å². The fourth-order valence-electron chi connectivity index (χ4n) is 2.06. The van der Waals surface area contributed by atoms with Gasteiger partial charge in [0.05, 0.1) is 5.56 Å². The Morgan fingerprint density at radius 3 is 2.61 bits per heavy atom. The van der Waals surface area contributed by atoms with Crippen LogP contribution < -0.4 is 4.74 Å². The first-order chi connectivity index (χ1) is 10.8. The first-order valence-corrected chi connectivity index (χ1v) is 8.32. The molecule has 1 aromatic heterocycles. The van der Waals surface area contributed by atoms with Crippen molar-refractivity contribution in [3.63, 3.8) is 0 Å². The van der Waals surface area contributed by atoms with Gasteiger partial charge in [-0.15, -0.1) is 0 Å². The van der Waals surface area contributed by atoms with Crippen LogP contribution in [-0.2, 0) is 6.18 Å². The van der Waals surface area contributed by atoms with Gasteiger partial charge in [-0.2, -0.15) is 13.2 Å². The highest BCUT2D eigenvalue weighted by Gasteiger charge is 2.30. The molecule has 0 saturated carbocycles. The van der Waals surface area contributed by atoms with Gasteiger partial charge < -0.3 is 4.74 Å². The third kappa shape index (κ3) is 4.70. The van der Waals surface area contributed by atoms with Gasteiger partial charge in [0.15, 0.2) is 0 Å². The molecule has 124 valence electrons. The lowest BCUT2D eigenvalue weighted by Crippen LogP contribution is -2.05. The molecule has 2 nitrogen and oxygen atoms in total. The van der Waals surface area contributed by atoms with Crippen molar-refractivity contribution in [2.45, 2.75) is 32.4 Å². The average Bonchev–Trinajstić information content (AvgIpc) is 2.49. The summed E-state index contributed by atoms with van der Waals surface area (Å²) in [6.07, 6.45) is -3.48. The standard InChI is InChI=1S/C17H17BrF3NO/c1-11(8-9-18)15-7-6-12(2)16(22-15)23-14-5-3-4-13(10-14)17(19,20)21/h3-7,10-11H,8-9H2,1-2H3. The van der Waals surface area contributed by atoms with Gasteiger partial charge >= 0.3 is 6.18 Å². The monoisotopic (exact) mass is 387 g/mol. The van der Waals surface area contributed by atoms with E-state index >= 15 is 0 Å². The number of alkyl halides is 4. The Labute approximate surface area is 141 Å². The van der Waals surface area contributed by atoms with E-state index in [1.165, 1.54) is 12.1 Å². The second kappa shape index (κ2) is 7.34. The molecule has 0 spiro atoms. The zero-order chi connectivity index (χ0) is 17.0. The predicted octanol–water partition coefficient (Wildman–Crippen LogP) is 6.09. The van der Waals surface area contributed by atoms with Gasteiger partial charge in [-0.25, -0.2) is 4.98 Å². The number of ether oxygens (including phenoxy) is 1. The largest absolute Gasteiger partial charge is 0.439 e. The van der Waals surface area contributed by atoms with Gasteiger partial charge in [0.2, 0.25) is 5.88 Å². The Morgan fingerprint density at radius 1 is 1.22 bits per heavy atom. The molecule has 0 amide bonds. The van der Waals surface area contributed by atoms with Crippen LogP contribution in [0.4, 0.5) is 13.2 Å². The van der Waals surface area contributed by atoms with E-state index in [0.29, 0.717) is 5.88 Å². The summed E-state index contributed by atoms with van der Waals surface area (Å²) < 4.78 is 43.9. The lowest BCUT2D eigenvalue weighted by molar-refractivity contribution is -0.137. The molecular weight excluding hydrogens is 371 g/mol. The van der Waals surface area contributed by atoms with Crippen LogP contribution >= 0.6 is 15.9 Å². The molecule has 0 bridgehead atoms. The lowest BCUT2D eigenvalue weighted by Gasteiger charge is -2.14. The summed E-state index contributed by atoms with van der Waals surface area (Å²) in [4.78, 5) is 4.45. The van der Waals surface area contributed by atoms with Crippen LogP contribution in [0.2, 0.25) is 0 Å². The zero-order valence-electron chi connectivity index (χ0n) is 12.8. The number of rotatable bonds is 5. The maximum absolute atomic E-state index is 12.8. The number of benzene rings is 1. The third-order valence-electron chi connectivity index (χ3n) is 3.49. The van der Waals surface area contributed by atoms with Crippen LogP contribution in [0.5, 0.6) is 11.6 Å². The molecule has 0 aliphatic rings. The number of halogens is 4. The minimum atomic E-state index is -4.39. The molecule has 1 heterocycles. The van der Waals surface area contributed by atoms with Gasteiger partial charge in [0, 0.05) is 16.6 Å². The van der Waals surface area contributed by atoms with E-state index in [9.17, 15) is 13.2 Å². The van der Waals surface area contributed by atoms with Crippen LogP contribution in [0.15, 0.2) is 36.4 Å². The number of aromatic nitrogens is 1. The SMILES string of the molecule is Cc1ccc(C(C)CCBr)nc1Oc1cccc(C(F)(F)F)c1. The molecule has 0 saturated heterocycles. The van der Waals surface area contributed by atoms with Crippen LogP contribution in [0.1, 0.15) is 36.1 Å². The highest BCUT2D eigenvalue weighted by molar-refractivity contribution is 9.09. The second-order valence-electron chi connectivity index (χ2n) is 5.36. The summed E-state index contributed by atoms with van der Waals surface area (Å²) in [6, 6.07) is 8.60. The first-order valence-electron chi connectivity index (χ1n) is 7.20. The van der Waals surface area contributed by atoms with E-state index in [1.54, 1.807) is 0 Å². The smallest absolute Gasteiger partial charge is 0.416 e. The van der Waals surface area contributed by atoms with Crippen molar-refractivity contribution in [2.24, 2.45) is 0 Å². The Morgan fingerprint density at radius 2 is 1.96 bits per heavy atom. The van der Waals surface area contributed by atoms with E-state index in [4.69, 9.17) is 4.74 Å². The van der Waals surface area contributed by atoms with Gasteiger partial charge in [-0.05, 0) is 43.5 Å². The number of nitrogens with zero attached hydrogens (tertiary/aromatic N) is 1. The number of pyridine rings is 1. The quantitative estimate of drug-likeness (QED) is 0.579. The summed E-state index contributed by atoms with van der Waals surface area (Å²) in [6.45, 7) is 3.86. The normalized spacial score (nSPS) is 13.0. The highest BCUT2D eigenvalue weighted by Crippen LogP contribution is 2.33. The fourth-order valence-corrected chi connectivity index (χ4v) is 2.75. The summed E-state index contributed by atoms with van der Waals surface area (Å²) in [7, 11) is 0. The van der Waals surface area contributed by atoms with Crippen molar-refractivity contribution in [1.82, 2.24) is 4.98 Å². The molecule has 23 heavy (non-hydrogen) atoms. The van der Waals surface area contributed by atoms with Crippen LogP contribution in [0.25, 0.3) is 0 Å². The maximum atomic E-state index is 12.8. The predicted molar refractivity (Wildman–Crippen MR) is 87.3 cm³/mol. The van der Waals surface area contributed by atoms with Gasteiger partial charge in [0.1, 0.15) is 5.75 Å². The Bertz CT molecular complexity index is 673. The highest BCUT2D eigenvalue weighted by atomic mass is 79.9. The lowest BCUT2D eigenvalue weighted by atomic mass is 10.0. The molecule has 0 N–H and O–H groups in total. The molecule has 6 heteroatoms. The van der Waals surface area contributed by atoms with Crippen molar-refractivity contribution in [3.8, 4) is 11.6 Å². The molecule has 0 aliphatic carbocycles. The molecule has 1 aromatic carbocycles. The maximum Gasteiger partial charge on any atom is 0.416 e. The fraction of sp³-hybridized carbons (Fsp3) is 0.353. The molecule has 0 radical (unpaired) electrons.